The van der Waals surface area contributed by atoms with Gasteiger partial charge in [0.2, 0.25) is 0 Å². The number of benzene rings is 2. The molecule has 0 unspecified atom stereocenters. The van der Waals surface area contributed by atoms with Crippen LogP contribution in [-0.2, 0) is 4.74 Å². The van der Waals surface area contributed by atoms with Gasteiger partial charge in [0.1, 0.15) is 5.82 Å². The van der Waals surface area contributed by atoms with E-state index >= 15 is 0 Å². The molecule has 2 rings (SSSR count). The predicted molar refractivity (Wildman–Crippen MR) is 77.8 cm³/mol. The van der Waals surface area contributed by atoms with Crippen LogP contribution in [0, 0.1) is 5.82 Å². The molecule has 0 N–H and O–H groups in total. The summed E-state index contributed by atoms with van der Waals surface area (Å²) in [6.45, 7) is 1.95. The van der Waals surface area contributed by atoms with Crippen molar-refractivity contribution < 1.29 is 13.9 Å². The zero-order valence-electron chi connectivity index (χ0n) is 10.6. The van der Waals surface area contributed by atoms with Gasteiger partial charge in [0.15, 0.2) is 0 Å². The second kappa shape index (κ2) is 6.25. The SMILES string of the molecule is CCOC(=O)c1ccc(F)cc1-c1cc(Cl)cc(Cl)c1. The first-order chi connectivity index (χ1) is 9.51. The van der Waals surface area contributed by atoms with Gasteiger partial charge in [-0.3, -0.25) is 0 Å². The number of hydrogen-bond acceptors (Lipinski definition) is 2. The molecule has 0 aromatic heterocycles. The Balaban J connectivity index is 2.59. The van der Waals surface area contributed by atoms with Crippen molar-refractivity contribution in [2.24, 2.45) is 0 Å². The van der Waals surface area contributed by atoms with Crippen LogP contribution in [0.25, 0.3) is 11.1 Å². The van der Waals surface area contributed by atoms with Gasteiger partial charge < -0.3 is 4.74 Å². The molecule has 0 aliphatic heterocycles. The number of carbonyl (C=O) groups excluding carboxylic acids is 1. The van der Waals surface area contributed by atoms with Crippen LogP contribution in [0.1, 0.15) is 17.3 Å². The van der Waals surface area contributed by atoms with Gasteiger partial charge in [-0.2, -0.15) is 0 Å². The van der Waals surface area contributed by atoms with Crippen LogP contribution in [0.2, 0.25) is 10.0 Å². The highest BCUT2D eigenvalue weighted by atomic mass is 35.5. The maximum Gasteiger partial charge on any atom is 0.338 e. The summed E-state index contributed by atoms with van der Waals surface area (Å²) in [4.78, 5) is 11.9. The van der Waals surface area contributed by atoms with Gasteiger partial charge in [0.25, 0.3) is 0 Å². The van der Waals surface area contributed by atoms with Gasteiger partial charge in [0.05, 0.1) is 12.2 Å². The van der Waals surface area contributed by atoms with E-state index in [1.165, 1.54) is 18.2 Å². The van der Waals surface area contributed by atoms with Crippen molar-refractivity contribution in [1.29, 1.82) is 0 Å². The predicted octanol–water partition coefficient (Wildman–Crippen LogP) is 4.98. The van der Waals surface area contributed by atoms with Gasteiger partial charge in [-0.15, -0.1) is 0 Å². The Hall–Kier alpha value is -1.58. The minimum absolute atomic E-state index is 0.242. The van der Waals surface area contributed by atoms with Crippen molar-refractivity contribution in [3.8, 4) is 11.1 Å². The third-order valence-corrected chi connectivity index (χ3v) is 3.09. The molecule has 0 aliphatic rings. The van der Waals surface area contributed by atoms with Gasteiger partial charge in [-0.25, -0.2) is 9.18 Å². The lowest BCUT2D eigenvalue weighted by Gasteiger charge is -2.10. The molecule has 0 saturated heterocycles. The van der Waals surface area contributed by atoms with E-state index in [0.29, 0.717) is 21.2 Å². The minimum atomic E-state index is -0.515. The molecule has 0 fully saturated rings. The molecule has 20 heavy (non-hydrogen) atoms. The van der Waals surface area contributed by atoms with Crippen molar-refractivity contribution >= 4 is 29.2 Å². The summed E-state index contributed by atoms with van der Waals surface area (Å²) in [5.74, 6) is -0.970. The quantitative estimate of drug-likeness (QED) is 0.747. The van der Waals surface area contributed by atoms with E-state index < -0.39 is 11.8 Å². The third-order valence-electron chi connectivity index (χ3n) is 2.65. The average molecular weight is 313 g/mol. The van der Waals surface area contributed by atoms with Crippen molar-refractivity contribution in [3.63, 3.8) is 0 Å². The van der Waals surface area contributed by atoms with Crippen molar-refractivity contribution in [2.75, 3.05) is 6.61 Å². The van der Waals surface area contributed by atoms with E-state index in [4.69, 9.17) is 27.9 Å². The summed E-state index contributed by atoms with van der Waals surface area (Å²) in [7, 11) is 0. The molecule has 0 amide bonds. The summed E-state index contributed by atoms with van der Waals surface area (Å²) in [6.07, 6.45) is 0. The van der Waals surface area contributed by atoms with E-state index in [9.17, 15) is 9.18 Å². The second-order valence-electron chi connectivity index (χ2n) is 4.07. The number of rotatable bonds is 3. The van der Waals surface area contributed by atoms with Crippen molar-refractivity contribution in [2.45, 2.75) is 6.92 Å². The van der Waals surface area contributed by atoms with E-state index in [-0.39, 0.29) is 12.2 Å². The van der Waals surface area contributed by atoms with Crippen LogP contribution in [0.3, 0.4) is 0 Å². The van der Waals surface area contributed by atoms with E-state index in [1.54, 1.807) is 25.1 Å². The Morgan fingerprint density at radius 3 is 2.40 bits per heavy atom. The highest BCUT2D eigenvalue weighted by Gasteiger charge is 2.15. The van der Waals surface area contributed by atoms with Gasteiger partial charge in [-0.05, 0) is 54.4 Å². The molecule has 0 saturated carbocycles. The lowest BCUT2D eigenvalue weighted by atomic mass is 9.99. The van der Waals surface area contributed by atoms with E-state index in [1.807, 2.05) is 0 Å². The Kier molecular flexibility index (Phi) is 4.63. The molecule has 0 heterocycles. The summed E-state index contributed by atoms with van der Waals surface area (Å²) in [6, 6.07) is 8.65. The molecule has 5 heteroatoms. The zero-order valence-corrected chi connectivity index (χ0v) is 12.1. The van der Waals surface area contributed by atoms with Gasteiger partial charge in [0, 0.05) is 10.0 Å². The molecular formula is C15H11Cl2FO2. The molecule has 0 bridgehead atoms. The Morgan fingerprint density at radius 2 is 1.80 bits per heavy atom. The molecule has 0 radical (unpaired) electrons. The van der Waals surface area contributed by atoms with Crippen LogP contribution < -0.4 is 0 Å². The number of ether oxygens (including phenoxy) is 1. The lowest BCUT2D eigenvalue weighted by molar-refractivity contribution is 0.0527. The lowest BCUT2D eigenvalue weighted by Crippen LogP contribution is -2.06. The van der Waals surface area contributed by atoms with E-state index in [2.05, 4.69) is 0 Å². The highest BCUT2D eigenvalue weighted by molar-refractivity contribution is 6.35. The molecule has 2 aromatic carbocycles. The van der Waals surface area contributed by atoms with Crippen LogP contribution in [-0.4, -0.2) is 12.6 Å². The number of hydrogen-bond donors (Lipinski definition) is 0. The molecule has 0 atom stereocenters. The Morgan fingerprint density at radius 1 is 1.15 bits per heavy atom. The van der Waals surface area contributed by atoms with E-state index in [0.717, 1.165) is 0 Å². The normalized spacial score (nSPS) is 10.4. The van der Waals surface area contributed by atoms with Crippen LogP contribution >= 0.6 is 23.2 Å². The maximum absolute atomic E-state index is 13.5. The third kappa shape index (κ3) is 3.30. The topological polar surface area (TPSA) is 26.3 Å². The zero-order chi connectivity index (χ0) is 14.7. The van der Waals surface area contributed by atoms with Crippen LogP contribution in [0.4, 0.5) is 4.39 Å². The van der Waals surface area contributed by atoms with Crippen molar-refractivity contribution in [3.05, 3.63) is 57.8 Å². The molecule has 2 nitrogen and oxygen atoms in total. The average Bonchev–Trinajstić information content (AvgIpc) is 2.37. The first-order valence-electron chi connectivity index (χ1n) is 5.94. The van der Waals surface area contributed by atoms with Crippen LogP contribution in [0.15, 0.2) is 36.4 Å². The largest absolute Gasteiger partial charge is 0.462 e. The molecule has 2 aromatic rings. The highest BCUT2D eigenvalue weighted by Crippen LogP contribution is 2.30. The smallest absolute Gasteiger partial charge is 0.338 e. The monoisotopic (exact) mass is 312 g/mol. The number of esters is 1. The summed E-state index contributed by atoms with van der Waals surface area (Å²) >= 11 is 11.9. The molecule has 0 spiro atoms. The fourth-order valence-electron chi connectivity index (χ4n) is 1.85. The molecular weight excluding hydrogens is 302 g/mol. The summed E-state index contributed by atoms with van der Waals surface area (Å²) in [5.41, 5.74) is 1.23. The Bertz CT molecular complexity index is 636. The molecule has 104 valence electrons. The fourth-order valence-corrected chi connectivity index (χ4v) is 2.38. The van der Waals surface area contributed by atoms with Crippen molar-refractivity contribution in [1.82, 2.24) is 0 Å². The van der Waals surface area contributed by atoms with Gasteiger partial charge in [-0.1, -0.05) is 23.2 Å². The molecule has 0 aliphatic carbocycles. The van der Waals surface area contributed by atoms with Gasteiger partial charge >= 0.3 is 5.97 Å². The number of halogens is 3. The Labute approximate surface area is 126 Å². The fraction of sp³-hybridized carbons (Fsp3) is 0.133. The summed E-state index contributed by atoms with van der Waals surface area (Å²) < 4.78 is 18.4. The van der Waals surface area contributed by atoms with Crippen LogP contribution in [0.5, 0.6) is 0 Å². The first-order valence-corrected chi connectivity index (χ1v) is 6.70. The number of carbonyl (C=O) groups is 1. The second-order valence-corrected chi connectivity index (χ2v) is 4.94. The standard InChI is InChI=1S/C15H11Cl2FO2/c1-2-20-15(19)13-4-3-12(18)8-14(13)9-5-10(16)7-11(17)6-9/h3-8H,2H2,1H3. The minimum Gasteiger partial charge on any atom is -0.462 e. The first kappa shape index (κ1) is 14.8. The summed E-state index contributed by atoms with van der Waals surface area (Å²) in [5, 5.41) is 0.818. The maximum atomic E-state index is 13.5.